The summed E-state index contributed by atoms with van der Waals surface area (Å²) in [6.45, 7) is 5.53. The maximum Gasteiger partial charge on any atom is 0.0322 e. The Balaban J connectivity index is 1.91. The predicted octanol–water partition coefficient (Wildman–Crippen LogP) is 0.807. The molecule has 4 nitrogen and oxygen atoms in total. The van der Waals surface area contributed by atoms with Crippen LogP contribution in [0.15, 0.2) is 24.5 Å². The van der Waals surface area contributed by atoms with Gasteiger partial charge in [-0.25, -0.2) is 0 Å². The number of aromatic nitrogens is 1. The van der Waals surface area contributed by atoms with Crippen LogP contribution in [0.1, 0.15) is 12.0 Å². The number of hydrogen-bond donors (Lipinski definition) is 1. The van der Waals surface area contributed by atoms with Gasteiger partial charge < -0.3 is 10.2 Å². The molecule has 2 rings (SSSR count). The van der Waals surface area contributed by atoms with Crippen LogP contribution in [0, 0.1) is 0 Å². The summed E-state index contributed by atoms with van der Waals surface area (Å²) in [5.74, 6) is 0. The average molecular weight is 248 g/mol. The maximum atomic E-state index is 4.19. The zero-order chi connectivity index (χ0) is 12.8. The number of hydrogen-bond acceptors (Lipinski definition) is 4. The highest BCUT2D eigenvalue weighted by atomic mass is 15.2. The second kappa shape index (κ2) is 6.83. The van der Waals surface area contributed by atoms with E-state index in [4.69, 9.17) is 0 Å². The van der Waals surface area contributed by atoms with Crippen LogP contribution in [0.3, 0.4) is 0 Å². The lowest BCUT2D eigenvalue weighted by atomic mass is 10.2. The number of nitrogens with one attached hydrogen (secondary N) is 1. The van der Waals surface area contributed by atoms with E-state index < -0.39 is 0 Å². The molecule has 1 atom stereocenters. The van der Waals surface area contributed by atoms with E-state index in [2.05, 4.69) is 40.3 Å². The van der Waals surface area contributed by atoms with Gasteiger partial charge in [0.15, 0.2) is 0 Å². The summed E-state index contributed by atoms with van der Waals surface area (Å²) >= 11 is 0. The maximum absolute atomic E-state index is 4.19. The molecule has 0 aliphatic carbocycles. The van der Waals surface area contributed by atoms with Crippen molar-refractivity contribution in [1.82, 2.24) is 20.1 Å². The van der Waals surface area contributed by atoms with Crippen LogP contribution in [0.2, 0.25) is 0 Å². The van der Waals surface area contributed by atoms with Crippen LogP contribution >= 0.6 is 0 Å². The Morgan fingerprint density at radius 2 is 2.39 bits per heavy atom. The molecule has 0 bridgehead atoms. The predicted molar refractivity (Wildman–Crippen MR) is 74.5 cm³/mol. The van der Waals surface area contributed by atoms with Crippen LogP contribution in [0.5, 0.6) is 0 Å². The van der Waals surface area contributed by atoms with Gasteiger partial charge in [0.05, 0.1) is 0 Å². The van der Waals surface area contributed by atoms with E-state index in [1.807, 2.05) is 18.5 Å². The van der Waals surface area contributed by atoms with Crippen LogP contribution in [0.4, 0.5) is 0 Å². The Morgan fingerprint density at radius 3 is 3.11 bits per heavy atom. The van der Waals surface area contributed by atoms with Gasteiger partial charge in [-0.05, 0) is 45.2 Å². The first kappa shape index (κ1) is 13.5. The first-order chi connectivity index (χ1) is 8.74. The van der Waals surface area contributed by atoms with Gasteiger partial charge in [-0.1, -0.05) is 6.07 Å². The Hall–Kier alpha value is -0.970. The fourth-order valence-corrected chi connectivity index (χ4v) is 2.53. The second-order valence-electron chi connectivity index (χ2n) is 5.36. The minimum atomic E-state index is 0.569. The summed E-state index contributed by atoms with van der Waals surface area (Å²) in [5.41, 5.74) is 1.31. The Bertz CT molecular complexity index is 339. The molecule has 1 aliphatic rings. The molecule has 1 fully saturated rings. The van der Waals surface area contributed by atoms with Crippen molar-refractivity contribution >= 4 is 0 Å². The summed E-state index contributed by atoms with van der Waals surface area (Å²) in [6.07, 6.45) is 5.03. The van der Waals surface area contributed by atoms with Gasteiger partial charge in [-0.3, -0.25) is 9.88 Å². The van der Waals surface area contributed by atoms with Crippen molar-refractivity contribution in [3.63, 3.8) is 0 Å². The molecule has 0 saturated carbocycles. The second-order valence-corrected chi connectivity index (χ2v) is 5.36. The molecule has 0 spiro atoms. The van der Waals surface area contributed by atoms with Crippen LogP contribution in [-0.4, -0.2) is 61.1 Å². The van der Waals surface area contributed by atoms with E-state index in [-0.39, 0.29) is 0 Å². The standard InChI is InChI=1S/C14H24N4/c1-17(2)11-14-12-18(8-4-7-16-14)10-13-5-3-6-15-9-13/h3,5-6,9,14,16H,4,7-8,10-12H2,1-2H3. The van der Waals surface area contributed by atoms with Crippen molar-refractivity contribution in [2.75, 3.05) is 40.3 Å². The molecule has 1 aromatic heterocycles. The van der Waals surface area contributed by atoms with Crippen molar-refractivity contribution in [2.45, 2.75) is 19.0 Å². The van der Waals surface area contributed by atoms with Gasteiger partial charge in [0.2, 0.25) is 0 Å². The smallest absolute Gasteiger partial charge is 0.0322 e. The van der Waals surface area contributed by atoms with Gasteiger partial charge in [-0.2, -0.15) is 0 Å². The molecule has 18 heavy (non-hydrogen) atoms. The first-order valence-corrected chi connectivity index (χ1v) is 6.73. The highest BCUT2D eigenvalue weighted by Crippen LogP contribution is 2.07. The largest absolute Gasteiger partial charge is 0.311 e. The zero-order valence-electron chi connectivity index (χ0n) is 11.5. The Labute approximate surface area is 110 Å². The summed E-state index contributed by atoms with van der Waals surface area (Å²) < 4.78 is 0. The van der Waals surface area contributed by atoms with Crippen LogP contribution in [0.25, 0.3) is 0 Å². The monoisotopic (exact) mass is 248 g/mol. The normalized spacial score (nSPS) is 22.1. The molecular formula is C14H24N4. The lowest BCUT2D eigenvalue weighted by Crippen LogP contribution is -2.43. The van der Waals surface area contributed by atoms with Crippen LogP contribution < -0.4 is 5.32 Å². The number of pyridine rings is 1. The third-order valence-electron chi connectivity index (χ3n) is 3.28. The van der Waals surface area contributed by atoms with E-state index >= 15 is 0 Å². The first-order valence-electron chi connectivity index (χ1n) is 6.73. The van der Waals surface area contributed by atoms with Crippen molar-refractivity contribution < 1.29 is 0 Å². The molecule has 0 amide bonds. The van der Waals surface area contributed by atoms with Gasteiger partial charge in [0.25, 0.3) is 0 Å². The van der Waals surface area contributed by atoms with E-state index in [1.165, 1.54) is 18.5 Å². The molecule has 2 heterocycles. The third-order valence-corrected chi connectivity index (χ3v) is 3.28. The van der Waals surface area contributed by atoms with E-state index in [0.717, 1.165) is 26.2 Å². The number of likely N-dealkylation sites (N-methyl/N-ethyl adjacent to an activating group) is 1. The molecule has 0 aromatic carbocycles. The quantitative estimate of drug-likeness (QED) is 0.854. The fraction of sp³-hybridized carbons (Fsp3) is 0.643. The number of nitrogens with zero attached hydrogens (tertiary/aromatic N) is 3. The summed E-state index contributed by atoms with van der Waals surface area (Å²) in [5, 5.41) is 3.63. The SMILES string of the molecule is CN(C)CC1CN(Cc2cccnc2)CCCN1. The lowest BCUT2D eigenvalue weighted by molar-refractivity contribution is 0.236. The van der Waals surface area contributed by atoms with E-state index in [1.54, 1.807) is 0 Å². The molecule has 0 radical (unpaired) electrons. The number of rotatable bonds is 4. The average Bonchev–Trinajstić information content (AvgIpc) is 2.55. The summed E-state index contributed by atoms with van der Waals surface area (Å²) in [6, 6.07) is 4.74. The van der Waals surface area contributed by atoms with Gasteiger partial charge >= 0.3 is 0 Å². The molecular weight excluding hydrogens is 224 g/mol. The fourth-order valence-electron chi connectivity index (χ4n) is 2.53. The van der Waals surface area contributed by atoms with Crippen molar-refractivity contribution in [3.05, 3.63) is 30.1 Å². The molecule has 100 valence electrons. The molecule has 1 saturated heterocycles. The highest BCUT2D eigenvalue weighted by molar-refractivity contribution is 5.08. The summed E-state index contributed by atoms with van der Waals surface area (Å²) in [7, 11) is 4.27. The molecule has 1 unspecified atom stereocenters. The van der Waals surface area contributed by atoms with Gasteiger partial charge in [-0.15, -0.1) is 0 Å². The van der Waals surface area contributed by atoms with E-state index in [9.17, 15) is 0 Å². The minimum absolute atomic E-state index is 0.569. The van der Waals surface area contributed by atoms with Crippen molar-refractivity contribution in [3.8, 4) is 0 Å². The Morgan fingerprint density at radius 1 is 1.50 bits per heavy atom. The summed E-state index contributed by atoms with van der Waals surface area (Å²) in [4.78, 5) is 8.98. The van der Waals surface area contributed by atoms with Crippen LogP contribution in [-0.2, 0) is 6.54 Å². The third kappa shape index (κ3) is 4.37. The Kier molecular flexibility index (Phi) is 5.11. The highest BCUT2D eigenvalue weighted by Gasteiger charge is 2.18. The lowest BCUT2D eigenvalue weighted by Gasteiger charge is -2.26. The van der Waals surface area contributed by atoms with Crippen molar-refractivity contribution in [2.24, 2.45) is 0 Å². The molecule has 4 heteroatoms. The zero-order valence-corrected chi connectivity index (χ0v) is 11.5. The minimum Gasteiger partial charge on any atom is -0.311 e. The van der Waals surface area contributed by atoms with Gasteiger partial charge in [0.1, 0.15) is 0 Å². The van der Waals surface area contributed by atoms with Gasteiger partial charge in [0, 0.05) is 38.1 Å². The van der Waals surface area contributed by atoms with E-state index in [0.29, 0.717) is 6.04 Å². The van der Waals surface area contributed by atoms with Crippen molar-refractivity contribution in [1.29, 1.82) is 0 Å². The topological polar surface area (TPSA) is 31.4 Å². The molecule has 1 N–H and O–H groups in total. The molecule has 1 aromatic rings. The molecule has 1 aliphatic heterocycles.